The zero-order chi connectivity index (χ0) is 29.8. The number of hydrogen-bond donors (Lipinski definition) is 1. The molecule has 6 rings (SSSR count). The first-order valence-corrected chi connectivity index (χ1v) is 14.8. The van der Waals surface area contributed by atoms with Gasteiger partial charge in [0.2, 0.25) is 11.8 Å². The van der Waals surface area contributed by atoms with E-state index in [1.54, 1.807) is 21.7 Å². The lowest BCUT2D eigenvalue weighted by molar-refractivity contribution is -0.152. The highest BCUT2D eigenvalue weighted by atomic mass is 16.5. The SMILES string of the molecule is CC[C@@]12C=CCN(C)C(=O)[C@@H]1[C@H]1C(=O)N([C@@H](CO)Cc3ccccc3)C3C(=O)N(c4cc(C)ccc4C)CC=C[C@@]31O2. The van der Waals surface area contributed by atoms with E-state index in [-0.39, 0.29) is 24.3 Å². The van der Waals surface area contributed by atoms with Crippen molar-refractivity contribution in [2.24, 2.45) is 11.8 Å². The minimum absolute atomic E-state index is 0.169. The third-order valence-corrected chi connectivity index (χ3v) is 9.65. The van der Waals surface area contributed by atoms with Crippen LogP contribution in [0.4, 0.5) is 5.69 Å². The second kappa shape index (κ2) is 10.5. The van der Waals surface area contributed by atoms with Gasteiger partial charge in [0, 0.05) is 25.8 Å². The quantitative estimate of drug-likeness (QED) is 0.540. The van der Waals surface area contributed by atoms with E-state index in [9.17, 15) is 19.5 Å². The highest BCUT2D eigenvalue weighted by Gasteiger charge is 2.75. The minimum Gasteiger partial charge on any atom is -0.394 e. The molecule has 0 bridgehead atoms. The van der Waals surface area contributed by atoms with Crippen LogP contribution in [0.1, 0.15) is 30.0 Å². The van der Waals surface area contributed by atoms with Gasteiger partial charge in [-0.25, -0.2) is 0 Å². The summed E-state index contributed by atoms with van der Waals surface area (Å²) in [7, 11) is 1.74. The lowest BCUT2D eigenvalue weighted by Gasteiger charge is -2.41. The van der Waals surface area contributed by atoms with Gasteiger partial charge in [-0.15, -0.1) is 0 Å². The van der Waals surface area contributed by atoms with Gasteiger partial charge in [0.25, 0.3) is 5.91 Å². The fourth-order valence-corrected chi connectivity index (χ4v) is 7.58. The molecule has 4 heterocycles. The second-order valence-corrected chi connectivity index (χ2v) is 12.2. The van der Waals surface area contributed by atoms with Gasteiger partial charge >= 0.3 is 0 Å². The molecule has 8 heteroatoms. The number of nitrogens with zero attached hydrogens (tertiary/aromatic N) is 3. The summed E-state index contributed by atoms with van der Waals surface area (Å²) in [6.07, 6.45) is 8.46. The summed E-state index contributed by atoms with van der Waals surface area (Å²) in [5.74, 6) is -2.48. The summed E-state index contributed by atoms with van der Waals surface area (Å²) in [4.78, 5) is 48.5. The Morgan fingerprint density at radius 2 is 1.69 bits per heavy atom. The smallest absolute Gasteiger partial charge is 0.253 e. The van der Waals surface area contributed by atoms with Crippen molar-refractivity contribution in [1.29, 1.82) is 0 Å². The lowest BCUT2D eigenvalue weighted by Crippen LogP contribution is -2.59. The fraction of sp³-hybridized carbons (Fsp3) is 0.441. The van der Waals surface area contributed by atoms with E-state index in [4.69, 9.17) is 4.74 Å². The molecule has 220 valence electrons. The molecule has 0 radical (unpaired) electrons. The molecule has 4 aliphatic heterocycles. The second-order valence-electron chi connectivity index (χ2n) is 12.2. The molecule has 2 saturated heterocycles. The lowest BCUT2D eigenvalue weighted by atomic mass is 9.73. The topological polar surface area (TPSA) is 90.4 Å². The Labute approximate surface area is 247 Å². The number of amides is 3. The van der Waals surface area contributed by atoms with Crippen molar-refractivity contribution in [3.8, 4) is 0 Å². The van der Waals surface area contributed by atoms with E-state index in [0.29, 0.717) is 25.9 Å². The number of fused-ring (bicyclic) bond motifs is 2. The van der Waals surface area contributed by atoms with Crippen molar-refractivity contribution in [3.05, 3.63) is 89.5 Å². The van der Waals surface area contributed by atoms with Gasteiger partial charge in [0.1, 0.15) is 11.6 Å². The molecule has 8 nitrogen and oxygen atoms in total. The molecular weight excluding hydrogens is 530 g/mol. The highest BCUT2D eigenvalue weighted by Crippen LogP contribution is 2.59. The Balaban J connectivity index is 1.53. The third kappa shape index (κ3) is 4.14. The number of carbonyl (C=O) groups excluding carboxylic acids is 3. The van der Waals surface area contributed by atoms with Crippen LogP contribution >= 0.6 is 0 Å². The number of aliphatic hydroxyl groups excluding tert-OH is 1. The van der Waals surface area contributed by atoms with Crippen LogP contribution in [0, 0.1) is 25.7 Å². The van der Waals surface area contributed by atoms with E-state index < -0.39 is 35.1 Å². The molecule has 0 saturated carbocycles. The largest absolute Gasteiger partial charge is 0.394 e. The average molecular weight is 570 g/mol. The zero-order valence-corrected chi connectivity index (χ0v) is 24.7. The van der Waals surface area contributed by atoms with Crippen LogP contribution < -0.4 is 4.90 Å². The maximum Gasteiger partial charge on any atom is 0.253 e. The number of likely N-dealkylation sites (N-methyl/N-ethyl adjacent to an activating group) is 1. The van der Waals surface area contributed by atoms with Gasteiger partial charge in [-0.3, -0.25) is 14.4 Å². The number of aliphatic hydroxyl groups is 1. The average Bonchev–Trinajstić information content (AvgIpc) is 3.29. The van der Waals surface area contributed by atoms with E-state index >= 15 is 0 Å². The van der Waals surface area contributed by atoms with Crippen molar-refractivity contribution >= 4 is 23.4 Å². The maximum absolute atomic E-state index is 14.9. The van der Waals surface area contributed by atoms with Gasteiger partial charge in [0.05, 0.1) is 30.1 Å². The predicted molar refractivity (Wildman–Crippen MR) is 160 cm³/mol. The van der Waals surface area contributed by atoms with Crippen LogP contribution in [0.25, 0.3) is 0 Å². The Hall–Kier alpha value is -3.75. The van der Waals surface area contributed by atoms with Crippen LogP contribution in [0.5, 0.6) is 0 Å². The highest BCUT2D eigenvalue weighted by molar-refractivity contribution is 6.06. The zero-order valence-electron chi connectivity index (χ0n) is 24.7. The molecule has 1 spiro atoms. The summed E-state index contributed by atoms with van der Waals surface area (Å²) >= 11 is 0. The van der Waals surface area contributed by atoms with E-state index in [1.165, 1.54) is 0 Å². The molecule has 2 aromatic rings. The fourth-order valence-electron chi connectivity index (χ4n) is 7.58. The molecule has 1 N–H and O–H groups in total. The Morgan fingerprint density at radius 1 is 0.952 bits per heavy atom. The van der Waals surface area contributed by atoms with Crippen molar-refractivity contribution in [1.82, 2.24) is 9.80 Å². The van der Waals surface area contributed by atoms with Crippen LogP contribution in [0.3, 0.4) is 0 Å². The number of carbonyl (C=O) groups is 3. The van der Waals surface area contributed by atoms with Crippen molar-refractivity contribution < 1.29 is 24.2 Å². The van der Waals surface area contributed by atoms with Crippen molar-refractivity contribution in [2.45, 2.75) is 56.9 Å². The molecule has 1 unspecified atom stereocenters. The standard InChI is InChI=1S/C34H39N3O5/c1-5-33-15-9-17-35(4)30(39)27(33)28-31(40)37(25(21-38)20-24-11-7-6-8-12-24)29-32(41)36(18-10-16-34(28,29)42-33)26-19-22(2)13-14-23(26)3/h6-16,19,25,27-29,38H,5,17-18,20-21H2,1-4H3/t25-,27+,28+,29?,33-,34+/m1/s1. The van der Waals surface area contributed by atoms with E-state index in [0.717, 1.165) is 22.4 Å². The Kier molecular flexibility index (Phi) is 7.10. The Bertz CT molecular complexity index is 1470. The number of benzene rings is 2. The maximum atomic E-state index is 14.9. The third-order valence-electron chi connectivity index (χ3n) is 9.65. The first-order chi connectivity index (χ1) is 20.2. The molecule has 42 heavy (non-hydrogen) atoms. The predicted octanol–water partition coefficient (Wildman–Crippen LogP) is 3.20. The summed E-state index contributed by atoms with van der Waals surface area (Å²) in [5.41, 5.74) is 1.27. The summed E-state index contributed by atoms with van der Waals surface area (Å²) < 4.78 is 7.04. The molecule has 0 aliphatic carbocycles. The van der Waals surface area contributed by atoms with Gasteiger partial charge in [-0.05, 0) is 49.4 Å². The molecule has 2 aromatic carbocycles. The molecule has 6 atom stereocenters. The van der Waals surface area contributed by atoms with Crippen molar-refractivity contribution in [2.75, 3.05) is 31.6 Å². The number of ether oxygens (including phenoxy) is 1. The van der Waals surface area contributed by atoms with E-state index in [1.807, 2.05) is 93.6 Å². The molecule has 4 aliphatic rings. The summed E-state index contributed by atoms with van der Waals surface area (Å²) in [6, 6.07) is 13.9. The summed E-state index contributed by atoms with van der Waals surface area (Å²) in [6.45, 7) is 6.30. The van der Waals surface area contributed by atoms with Crippen molar-refractivity contribution in [3.63, 3.8) is 0 Å². The molecular formula is C34H39N3O5. The van der Waals surface area contributed by atoms with Gasteiger partial charge in [0.15, 0.2) is 0 Å². The first-order valence-electron chi connectivity index (χ1n) is 14.8. The monoisotopic (exact) mass is 569 g/mol. The number of likely N-dealkylation sites (tertiary alicyclic amines) is 1. The van der Waals surface area contributed by atoms with Gasteiger partial charge < -0.3 is 24.5 Å². The normalized spacial score (nSPS) is 31.1. The molecule has 0 aromatic heterocycles. The minimum atomic E-state index is -1.37. The number of hydrogen-bond acceptors (Lipinski definition) is 5. The molecule has 2 fully saturated rings. The number of aryl methyl sites for hydroxylation is 2. The van der Waals surface area contributed by atoms with Crippen LogP contribution in [0.2, 0.25) is 0 Å². The van der Waals surface area contributed by atoms with Gasteiger partial charge in [-0.1, -0.05) is 73.7 Å². The molecule has 3 amide bonds. The van der Waals surface area contributed by atoms with E-state index in [2.05, 4.69) is 0 Å². The van der Waals surface area contributed by atoms with Crippen LogP contribution in [0.15, 0.2) is 72.8 Å². The van der Waals surface area contributed by atoms with Crippen LogP contribution in [-0.4, -0.2) is 82.7 Å². The number of anilines is 1. The van der Waals surface area contributed by atoms with Crippen LogP contribution in [-0.2, 0) is 25.5 Å². The first kappa shape index (κ1) is 28.4. The summed E-state index contributed by atoms with van der Waals surface area (Å²) in [5, 5.41) is 10.7. The van der Waals surface area contributed by atoms with Gasteiger partial charge in [-0.2, -0.15) is 0 Å². The number of rotatable bonds is 6. The Morgan fingerprint density at radius 3 is 2.40 bits per heavy atom.